The normalized spacial score (nSPS) is 18.9. The molecule has 1 unspecified atom stereocenters. The van der Waals surface area contributed by atoms with Gasteiger partial charge in [0, 0.05) is 12.6 Å². The van der Waals surface area contributed by atoms with Gasteiger partial charge in [0.25, 0.3) is 0 Å². The van der Waals surface area contributed by atoms with Crippen molar-refractivity contribution in [1.29, 1.82) is 0 Å². The maximum Gasteiger partial charge on any atom is 0.414 e. The Morgan fingerprint density at radius 1 is 1.53 bits per heavy atom. The van der Waals surface area contributed by atoms with Gasteiger partial charge in [-0.15, -0.1) is 0 Å². The van der Waals surface area contributed by atoms with E-state index in [1.807, 2.05) is 0 Å². The second-order valence-electron chi connectivity index (χ2n) is 3.90. The highest BCUT2D eigenvalue weighted by Gasteiger charge is 2.36. The van der Waals surface area contributed by atoms with Crippen molar-refractivity contribution in [3.05, 3.63) is 12.2 Å². The van der Waals surface area contributed by atoms with E-state index in [1.165, 1.54) is 0 Å². The average Bonchev–Trinajstić information content (AvgIpc) is 2.92. The number of hydrogen-bond donors (Lipinski definition) is 1. The number of alkyl halides is 3. The first-order valence-corrected chi connectivity index (χ1v) is 4.98. The smallest absolute Gasteiger partial charge is 0.365 e. The molecular weight excluding hydrogens is 207 g/mol. The summed E-state index contributed by atoms with van der Waals surface area (Å²) in [7, 11) is 0. The predicted molar refractivity (Wildman–Crippen MR) is 51.6 cm³/mol. The van der Waals surface area contributed by atoms with Gasteiger partial charge in [0.2, 0.25) is 0 Å². The van der Waals surface area contributed by atoms with E-state index in [1.54, 1.807) is 0 Å². The maximum absolute atomic E-state index is 12.1. The van der Waals surface area contributed by atoms with Crippen molar-refractivity contribution in [2.45, 2.75) is 38.1 Å². The van der Waals surface area contributed by atoms with Crippen molar-refractivity contribution >= 4 is 0 Å². The predicted octanol–water partition coefficient (Wildman–Crippen LogP) is 2.26. The molecule has 0 bridgehead atoms. The molecule has 0 aromatic rings. The van der Waals surface area contributed by atoms with Crippen LogP contribution in [0.15, 0.2) is 12.2 Å². The topological polar surface area (TPSA) is 21.3 Å². The standard InChI is InChI=1S/C10H16F3NO/c1-7(5-14-9-3-4-9)6-15-8(2)10(11,12)13/h8-9,14H,1,3-6H2,2H3. The lowest BCUT2D eigenvalue weighted by Crippen LogP contribution is -2.30. The number of halogens is 3. The molecular formula is C10H16F3NO. The molecule has 0 aliphatic heterocycles. The molecule has 1 aliphatic rings. The first kappa shape index (κ1) is 12.5. The first-order chi connectivity index (χ1) is 6.89. The van der Waals surface area contributed by atoms with Crippen molar-refractivity contribution in [2.24, 2.45) is 0 Å². The average molecular weight is 223 g/mol. The van der Waals surface area contributed by atoms with E-state index in [9.17, 15) is 13.2 Å². The molecule has 0 amide bonds. The lowest BCUT2D eigenvalue weighted by atomic mass is 10.3. The van der Waals surface area contributed by atoms with Crippen LogP contribution in [-0.2, 0) is 4.74 Å². The van der Waals surface area contributed by atoms with Crippen molar-refractivity contribution < 1.29 is 17.9 Å². The molecule has 5 heteroatoms. The summed E-state index contributed by atoms with van der Waals surface area (Å²) in [6, 6.07) is 0.529. The summed E-state index contributed by atoms with van der Waals surface area (Å²) in [5.74, 6) is 0. The Labute approximate surface area is 87.5 Å². The highest BCUT2D eigenvalue weighted by Crippen LogP contribution is 2.22. The van der Waals surface area contributed by atoms with Crippen LogP contribution in [0.25, 0.3) is 0 Å². The number of hydrogen-bond acceptors (Lipinski definition) is 2. The fourth-order valence-corrected chi connectivity index (χ4v) is 0.965. The summed E-state index contributed by atoms with van der Waals surface area (Å²) in [6.07, 6.45) is -3.72. The second kappa shape index (κ2) is 4.99. The van der Waals surface area contributed by atoms with Gasteiger partial charge in [-0.1, -0.05) is 6.58 Å². The summed E-state index contributed by atoms with van der Waals surface area (Å²) in [4.78, 5) is 0. The van der Waals surface area contributed by atoms with Crippen molar-refractivity contribution in [3.63, 3.8) is 0 Å². The Balaban J connectivity index is 2.09. The van der Waals surface area contributed by atoms with E-state index >= 15 is 0 Å². The van der Waals surface area contributed by atoms with Gasteiger partial charge in [0.15, 0.2) is 6.10 Å². The summed E-state index contributed by atoms with van der Waals surface area (Å²) in [5.41, 5.74) is 0.651. The Bertz CT molecular complexity index is 223. The lowest BCUT2D eigenvalue weighted by molar-refractivity contribution is -0.211. The summed E-state index contributed by atoms with van der Waals surface area (Å²) in [5, 5.41) is 3.16. The van der Waals surface area contributed by atoms with E-state index in [-0.39, 0.29) is 6.61 Å². The zero-order chi connectivity index (χ0) is 11.5. The maximum atomic E-state index is 12.1. The SMILES string of the molecule is C=C(CNC1CC1)COC(C)C(F)(F)F. The minimum absolute atomic E-state index is 0.0413. The van der Waals surface area contributed by atoms with Gasteiger partial charge < -0.3 is 10.1 Å². The van der Waals surface area contributed by atoms with Gasteiger partial charge in [0.05, 0.1) is 6.61 Å². The van der Waals surface area contributed by atoms with E-state index < -0.39 is 12.3 Å². The molecule has 0 saturated heterocycles. The second-order valence-corrected chi connectivity index (χ2v) is 3.90. The van der Waals surface area contributed by atoms with Crippen LogP contribution in [0.2, 0.25) is 0 Å². The van der Waals surface area contributed by atoms with Gasteiger partial charge >= 0.3 is 6.18 Å². The minimum atomic E-state index is -4.29. The molecule has 0 aromatic heterocycles. The molecule has 15 heavy (non-hydrogen) atoms. The molecule has 88 valence electrons. The van der Waals surface area contributed by atoms with Crippen LogP contribution < -0.4 is 5.32 Å². The van der Waals surface area contributed by atoms with E-state index in [0.717, 1.165) is 19.8 Å². The van der Waals surface area contributed by atoms with E-state index in [4.69, 9.17) is 0 Å². The number of rotatable bonds is 6. The quantitative estimate of drug-likeness (QED) is 0.697. The van der Waals surface area contributed by atoms with Crippen LogP contribution in [0, 0.1) is 0 Å². The van der Waals surface area contributed by atoms with E-state index in [0.29, 0.717) is 18.2 Å². The fraction of sp³-hybridized carbons (Fsp3) is 0.800. The Morgan fingerprint density at radius 3 is 2.60 bits per heavy atom. The van der Waals surface area contributed by atoms with E-state index in [2.05, 4.69) is 16.6 Å². The molecule has 0 spiro atoms. The summed E-state index contributed by atoms with van der Waals surface area (Å²) in [6.45, 7) is 5.15. The van der Waals surface area contributed by atoms with Gasteiger partial charge in [-0.05, 0) is 25.3 Å². The third kappa shape index (κ3) is 5.18. The molecule has 1 rings (SSSR count). The monoisotopic (exact) mass is 223 g/mol. The van der Waals surface area contributed by atoms with Crippen LogP contribution in [0.1, 0.15) is 19.8 Å². The van der Waals surface area contributed by atoms with Crippen LogP contribution in [0.4, 0.5) is 13.2 Å². The molecule has 0 heterocycles. The number of nitrogens with one attached hydrogen (secondary N) is 1. The largest absolute Gasteiger partial charge is 0.414 e. The Kier molecular flexibility index (Phi) is 4.16. The molecule has 1 aliphatic carbocycles. The Morgan fingerprint density at radius 2 is 2.13 bits per heavy atom. The zero-order valence-electron chi connectivity index (χ0n) is 8.73. The van der Waals surface area contributed by atoms with Crippen LogP contribution in [0.5, 0.6) is 0 Å². The first-order valence-electron chi connectivity index (χ1n) is 4.98. The van der Waals surface area contributed by atoms with Crippen molar-refractivity contribution in [1.82, 2.24) is 5.32 Å². The third-order valence-electron chi connectivity index (χ3n) is 2.22. The Hall–Kier alpha value is -0.550. The lowest BCUT2D eigenvalue weighted by Gasteiger charge is -2.17. The van der Waals surface area contributed by atoms with Gasteiger partial charge in [-0.25, -0.2) is 0 Å². The van der Waals surface area contributed by atoms with Crippen molar-refractivity contribution in [3.8, 4) is 0 Å². The van der Waals surface area contributed by atoms with Crippen molar-refractivity contribution in [2.75, 3.05) is 13.2 Å². The van der Waals surface area contributed by atoms with Gasteiger partial charge in [-0.2, -0.15) is 13.2 Å². The third-order valence-corrected chi connectivity index (χ3v) is 2.22. The molecule has 2 nitrogen and oxygen atoms in total. The molecule has 1 fully saturated rings. The van der Waals surface area contributed by atoms with Gasteiger partial charge in [-0.3, -0.25) is 0 Å². The van der Waals surface area contributed by atoms with Crippen LogP contribution in [-0.4, -0.2) is 31.5 Å². The van der Waals surface area contributed by atoms with Gasteiger partial charge in [0.1, 0.15) is 0 Å². The summed E-state index contributed by atoms with van der Waals surface area (Å²) < 4.78 is 40.8. The highest BCUT2D eigenvalue weighted by atomic mass is 19.4. The van der Waals surface area contributed by atoms with Crippen LogP contribution >= 0.6 is 0 Å². The molecule has 0 aromatic carbocycles. The fourth-order valence-electron chi connectivity index (χ4n) is 0.965. The zero-order valence-corrected chi connectivity index (χ0v) is 8.73. The summed E-state index contributed by atoms with van der Waals surface area (Å²) >= 11 is 0. The van der Waals surface area contributed by atoms with Crippen LogP contribution in [0.3, 0.4) is 0 Å². The molecule has 1 atom stereocenters. The molecule has 1 saturated carbocycles. The minimum Gasteiger partial charge on any atom is -0.365 e. The molecule has 1 N–H and O–H groups in total. The highest BCUT2D eigenvalue weighted by molar-refractivity contribution is 4.99. The molecule has 0 radical (unpaired) electrons. The number of ether oxygens (including phenoxy) is 1.